The van der Waals surface area contributed by atoms with Crippen LogP contribution in [0.1, 0.15) is 78.1 Å². The van der Waals surface area contributed by atoms with Gasteiger partial charge in [0, 0.05) is 44.6 Å². The van der Waals surface area contributed by atoms with E-state index in [0.717, 1.165) is 29.3 Å². The SMILES string of the molecule is CC[Si](CC)(CC)OC1C[C@H]2OC[C@@]2(OC(C)=O)[C@H]2[C@H](OC(=O)c3ccccc3)[C@@]3(O)CC(=C(C)C(OC)C3)[C@H](C)[C@H](O)[C@]12C. The van der Waals surface area contributed by atoms with Gasteiger partial charge < -0.3 is 33.6 Å². The van der Waals surface area contributed by atoms with Crippen molar-refractivity contribution in [1.82, 2.24) is 0 Å². The predicted molar refractivity (Wildman–Crippen MR) is 171 cm³/mol. The van der Waals surface area contributed by atoms with Gasteiger partial charge in [-0.05, 0) is 42.8 Å². The Morgan fingerprint density at radius 1 is 1.11 bits per heavy atom. The van der Waals surface area contributed by atoms with Crippen LogP contribution < -0.4 is 0 Å². The van der Waals surface area contributed by atoms with E-state index >= 15 is 0 Å². The molecule has 2 saturated carbocycles. The number of carbonyl (C=O) groups excluding carboxylic acids is 2. The maximum Gasteiger partial charge on any atom is 0.338 e. The summed E-state index contributed by atoms with van der Waals surface area (Å²) < 4.78 is 32.1. The number of hydrogen-bond acceptors (Lipinski definition) is 9. The van der Waals surface area contributed by atoms with E-state index in [-0.39, 0.29) is 25.4 Å². The van der Waals surface area contributed by atoms with Crippen LogP contribution in [0.4, 0.5) is 0 Å². The molecule has 250 valence electrons. The van der Waals surface area contributed by atoms with Crippen molar-refractivity contribution in [1.29, 1.82) is 0 Å². The monoisotopic (exact) mass is 644 g/mol. The first-order valence-corrected chi connectivity index (χ1v) is 19.2. The van der Waals surface area contributed by atoms with Crippen molar-refractivity contribution < 1.29 is 43.2 Å². The molecule has 45 heavy (non-hydrogen) atoms. The number of benzene rings is 1. The number of rotatable bonds is 9. The first-order valence-electron chi connectivity index (χ1n) is 16.6. The highest BCUT2D eigenvalue weighted by atomic mass is 28.4. The summed E-state index contributed by atoms with van der Waals surface area (Å²) in [5.41, 5.74) is -1.75. The van der Waals surface area contributed by atoms with E-state index < -0.39 is 73.3 Å². The maximum absolute atomic E-state index is 13.9. The Morgan fingerprint density at radius 2 is 1.76 bits per heavy atom. The van der Waals surface area contributed by atoms with Crippen LogP contribution in [0.3, 0.4) is 0 Å². The summed E-state index contributed by atoms with van der Waals surface area (Å²) >= 11 is 0. The van der Waals surface area contributed by atoms with Crippen LogP contribution in [0, 0.1) is 17.3 Å². The van der Waals surface area contributed by atoms with E-state index in [1.165, 1.54) is 6.92 Å². The Kier molecular flexibility index (Phi) is 9.52. The summed E-state index contributed by atoms with van der Waals surface area (Å²) in [4.78, 5) is 26.8. The average molecular weight is 645 g/mol. The molecule has 2 unspecified atom stereocenters. The summed E-state index contributed by atoms with van der Waals surface area (Å²) in [5.74, 6) is -2.33. The van der Waals surface area contributed by atoms with Crippen molar-refractivity contribution in [3.8, 4) is 0 Å². The lowest BCUT2D eigenvalue weighted by Crippen LogP contribution is -2.81. The minimum atomic E-state index is -2.25. The maximum atomic E-state index is 13.9. The third kappa shape index (κ3) is 5.43. The molecule has 1 aliphatic heterocycles. The lowest BCUT2D eigenvalue weighted by molar-refractivity contribution is -0.356. The van der Waals surface area contributed by atoms with Gasteiger partial charge in [-0.1, -0.05) is 58.4 Å². The van der Waals surface area contributed by atoms with Crippen LogP contribution in [0.2, 0.25) is 18.1 Å². The van der Waals surface area contributed by atoms with E-state index in [4.69, 9.17) is 23.4 Å². The summed E-state index contributed by atoms with van der Waals surface area (Å²) in [6, 6.07) is 11.4. The Balaban J connectivity index is 1.78. The second-order valence-electron chi connectivity index (χ2n) is 14.1. The van der Waals surface area contributed by atoms with Gasteiger partial charge >= 0.3 is 11.9 Å². The van der Waals surface area contributed by atoms with E-state index in [9.17, 15) is 19.8 Å². The number of ether oxygens (including phenoxy) is 4. The molecule has 2 N–H and O–H groups in total. The molecule has 0 amide bonds. The first-order chi connectivity index (χ1) is 21.3. The third-order valence-corrected chi connectivity index (χ3v) is 16.7. The van der Waals surface area contributed by atoms with E-state index in [1.54, 1.807) is 31.4 Å². The van der Waals surface area contributed by atoms with Gasteiger partial charge in [-0.15, -0.1) is 0 Å². The summed E-state index contributed by atoms with van der Waals surface area (Å²) in [6.07, 6.45) is -2.91. The number of esters is 2. The molecule has 5 rings (SSSR count). The van der Waals surface area contributed by atoms with Crippen molar-refractivity contribution >= 4 is 20.3 Å². The number of aliphatic hydroxyl groups excluding tert-OH is 1. The molecule has 9 nitrogen and oxygen atoms in total. The van der Waals surface area contributed by atoms with Crippen LogP contribution in [0.15, 0.2) is 41.5 Å². The molecule has 0 aromatic heterocycles. The van der Waals surface area contributed by atoms with Crippen molar-refractivity contribution in [2.24, 2.45) is 17.3 Å². The van der Waals surface area contributed by atoms with Crippen LogP contribution in [0.5, 0.6) is 0 Å². The summed E-state index contributed by atoms with van der Waals surface area (Å²) in [6.45, 7) is 13.9. The molecule has 1 aromatic rings. The van der Waals surface area contributed by atoms with E-state index in [2.05, 4.69) is 20.8 Å². The number of fused-ring (bicyclic) bond motifs is 5. The summed E-state index contributed by atoms with van der Waals surface area (Å²) in [5, 5.41) is 25.6. The molecule has 1 heterocycles. The third-order valence-electron chi connectivity index (χ3n) is 12.1. The van der Waals surface area contributed by atoms with Gasteiger partial charge in [0.15, 0.2) is 13.9 Å². The Hall–Kier alpha value is -2.08. The molecular formula is C35H52O9Si. The molecule has 3 fully saturated rings. The van der Waals surface area contributed by atoms with Crippen LogP contribution in [-0.4, -0.2) is 85.9 Å². The largest absolute Gasteiger partial charge is 0.455 e. The van der Waals surface area contributed by atoms with Crippen molar-refractivity contribution in [3.05, 3.63) is 47.0 Å². The van der Waals surface area contributed by atoms with Crippen LogP contribution in [0.25, 0.3) is 0 Å². The molecule has 3 aliphatic carbocycles. The normalized spacial score (nSPS) is 39.5. The minimum absolute atomic E-state index is 0.0636. The molecule has 4 aliphatic rings. The standard InChI is InChI=1S/C35H52O9Si/c1-9-45(10-2,11-3)44-27-17-28-35(20-41-28,43-23(6)36)29-31(42-32(38)24-15-13-12-14-16-24)34(39)18-25(21(4)26(19-34)40-8)22(5)30(37)33(27,29)7/h12-16,22,26-31,37,39H,9-11,17-20H2,1-8H3/t22-,26?,27?,28+,29-,30-,31-,33+,34+,35-/m0/s1. The zero-order valence-electron chi connectivity index (χ0n) is 28.1. The second kappa shape index (κ2) is 12.5. The molecule has 2 bridgehead atoms. The summed E-state index contributed by atoms with van der Waals surface area (Å²) in [7, 11) is -0.652. The molecule has 1 saturated heterocycles. The van der Waals surface area contributed by atoms with Crippen molar-refractivity contribution in [2.45, 2.75) is 128 Å². The van der Waals surface area contributed by atoms with Gasteiger partial charge in [0.05, 0.1) is 36.4 Å². The minimum Gasteiger partial charge on any atom is -0.455 e. The molecular weight excluding hydrogens is 592 g/mol. The topological polar surface area (TPSA) is 121 Å². The Bertz CT molecular complexity index is 1290. The molecule has 1 aromatic carbocycles. The van der Waals surface area contributed by atoms with Crippen molar-refractivity contribution in [3.63, 3.8) is 0 Å². The van der Waals surface area contributed by atoms with Gasteiger partial charge in [0.25, 0.3) is 0 Å². The number of methoxy groups -OCH3 is 1. The highest BCUT2D eigenvalue weighted by Crippen LogP contribution is 2.63. The van der Waals surface area contributed by atoms with Crippen LogP contribution in [-0.2, 0) is 28.2 Å². The van der Waals surface area contributed by atoms with Gasteiger partial charge in [-0.2, -0.15) is 0 Å². The zero-order chi connectivity index (χ0) is 32.9. The molecule has 0 radical (unpaired) electrons. The van der Waals surface area contributed by atoms with Gasteiger partial charge in [0.1, 0.15) is 17.8 Å². The lowest BCUT2D eigenvalue weighted by atomic mass is 9.47. The van der Waals surface area contributed by atoms with Gasteiger partial charge in [-0.3, -0.25) is 4.79 Å². The van der Waals surface area contributed by atoms with Crippen molar-refractivity contribution in [2.75, 3.05) is 13.7 Å². The fraction of sp³-hybridized carbons (Fsp3) is 0.714. The van der Waals surface area contributed by atoms with Gasteiger partial charge in [-0.25, -0.2) is 4.79 Å². The fourth-order valence-electron chi connectivity index (χ4n) is 9.15. The first kappa shape index (κ1) is 34.3. The predicted octanol–water partition coefficient (Wildman–Crippen LogP) is 5.20. The Labute approximate surface area is 268 Å². The Morgan fingerprint density at radius 3 is 2.29 bits per heavy atom. The number of aliphatic hydroxyl groups is 2. The smallest absolute Gasteiger partial charge is 0.338 e. The zero-order valence-corrected chi connectivity index (χ0v) is 29.1. The highest BCUT2D eigenvalue weighted by molar-refractivity contribution is 6.73. The second-order valence-corrected chi connectivity index (χ2v) is 18.8. The molecule has 10 heteroatoms. The number of hydrogen-bond donors (Lipinski definition) is 2. The van der Waals surface area contributed by atoms with E-state index in [0.29, 0.717) is 12.0 Å². The van der Waals surface area contributed by atoms with E-state index in [1.807, 2.05) is 26.8 Å². The van der Waals surface area contributed by atoms with Crippen LogP contribution >= 0.6 is 0 Å². The fourth-order valence-corrected chi connectivity index (χ4v) is 12.1. The molecule has 10 atom stereocenters. The molecule has 0 spiro atoms. The van der Waals surface area contributed by atoms with Gasteiger partial charge in [0.2, 0.25) is 0 Å². The number of carbonyl (C=O) groups is 2. The highest BCUT2D eigenvalue weighted by Gasteiger charge is 2.75. The lowest BCUT2D eigenvalue weighted by Gasteiger charge is -2.68. The average Bonchev–Trinajstić information content (AvgIpc) is 3.03. The quantitative estimate of drug-likeness (QED) is 0.212.